The summed E-state index contributed by atoms with van der Waals surface area (Å²) in [5.74, 6) is 0. The van der Waals surface area contributed by atoms with Crippen LogP contribution in [0.1, 0.15) is 75.8 Å². The molecule has 1 heteroatoms. The van der Waals surface area contributed by atoms with Crippen LogP contribution in [-0.4, -0.2) is 0 Å². The first-order valence-corrected chi connectivity index (χ1v) is 21.8. The molecule has 0 spiro atoms. The third kappa shape index (κ3) is 5.82. The maximum atomic E-state index is 2.65. The van der Waals surface area contributed by atoms with Gasteiger partial charge in [-0.1, -0.05) is 152 Å². The van der Waals surface area contributed by atoms with E-state index in [0.717, 1.165) is 25.7 Å². The Kier molecular flexibility index (Phi) is 8.92. The number of hydrogen-bond donors (Lipinski definition) is 0. The van der Waals surface area contributed by atoms with E-state index in [-0.39, 0.29) is 0 Å². The number of rotatable bonds is 7. The fourth-order valence-electron chi connectivity index (χ4n) is 11.0. The molecule has 0 saturated heterocycles. The molecule has 0 saturated carbocycles. The Morgan fingerprint density at radius 1 is 0.407 bits per heavy atom. The third-order valence-corrected chi connectivity index (χ3v) is 13.7. The van der Waals surface area contributed by atoms with Crippen molar-refractivity contribution in [2.75, 3.05) is 4.90 Å². The van der Waals surface area contributed by atoms with Crippen molar-refractivity contribution in [3.05, 3.63) is 232 Å². The summed E-state index contributed by atoms with van der Waals surface area (Å²) in [6.07, 6.45) is 9.43. The van der Waals surface area contributed by atoms with Crippen LogP contribution >= 0.6 is 0 Å². The minimum absolute atomic E-state index is 0.508. The van der Waals surface area contributed by atoms with Crippen molar-refractivity contribution < 1.29 is 0 Å². The minimum atomic E-state index is -0.508. The fourth-order valence-corrected chi connectivity index (χ4v) is 11.0. The van der Waals surface area contributed by atoms with Gasteiger partial charge in [0.15, 0.2) is 0 Å². The van der Waals surface area contributed by atoms with Crippen molar-refractivity contribution in [3.63, 3.8) is 0 Å². The largest absolute Gasteiger partial charge is 0.310 e. The molecule has 286 valence electrons. The highest BCUT2D eigenvalue weighted by Gasteiger charge is 2.47. The molecule has 0 radical (unpaired) electrons. The second-order valence-electron chi connectivity index (χ2n) is 16.9. The van der Waals surface area contributed by atoms with Crippen LogP contribution in [0, 0.1) is 6.92 Å². The van der Waals surface area contributed by atoms with Crippen LogP contribution < -0.4 is 4.90 Å². The Morgan fingerprint density at radius 3 is 1.71 bits per heavy atom. The summed E-state index contributed by atoms with van der Waals surface area (Å²) in [4.78, 5) is 2.65. The van der Waals surface area contributed by atoms with E-state index in [9.17, 15) is 0 Å². The van der Waals surface area contributed by atoms with Gasteiger partial charge in [-0.15, -0.1) is 0 Å². The molecule has 11 rings (SSSR count). The van der Waals surface area contributed by atoms with E-state index in [1.54, 1.807) is 0 Å². The highest BCUT2D eigenvalue weighted by atomic mass is 15.1. The summed E-state index contributed by atoms with van der Waals surface area (Å²) in [6, 6.07) is 69.1. The van der Waals surface area contributed by atoms with Gasteiger partial charge in [0.25, 0.3) is 0 Å². The third-order valence-electron chi connectivity index (χ3n) is 13.7. The molecule has 8 aromatic carbocycles. The van der Waals surface area contributed by atoms with Crippen LogP contribution in [-0.2, 0) is 31.1 Å². The fraction of sp³-hybridized carbons (Fsp3) is 0.172. The lowest BCUT2D eigenvalue weighted by atomic mass is 9.67. The highest BCUT2D eigenvalue weighted by molar-refractivity contribution is 5.98. The van der Waals surface area contributed by atoms with Gasteiger partial charge in [0.05, 0.1) is 11.1 Å². The van der Waals surface area contributed by atoms with Crippen molar-refractivity contribution in [2.24, 2.45) is 0 Å². The molecule has 0 atom stereocenters. The van der Waals surface area contributed by atoms with Gasteiger partial charge in [0, 0.05) is 16.9 Å². The molecule has 0 bridgehead atoms. The van der Waals surface area contributed by atoms with Gasteiger partial charge in [-0.05, 0) is 167 Å². The lowest BCUT2D eigenvalue weighted by molar-refractivity contribution is 0.685. The number of aryl methyl sites for hydroxylation is 3. The molecule has 59 heavy (non-hydrogen) atoms. The second kappa shape index (κ2) is 14.7. The van der Waals surface area contributed by atoms with Crippen molar-refractivity contribution in [1.29, 1.82) is 0 Å². The molecule has 0 heterocycles. The summed E-state index contributed by atoms with van der Waals surface area (Å²) < 4.78 is 0. The van der Waals surface area contributed by atoms with Crippen molar-refractivity contribution in [2.45, 2.75) is 63.7 Å². The van der Waals surface area contributed by atoms with Crippen molar-refractivity contribution in [3.8, 4) is 33.4 Å². The van der Waals surface area contributed by atoms with Gasteiger partial charge >= 0.3 is 0 Å². The van der Waals surface area contributed by atoms with Crippen LogP contribution in [0.4, 0.5) is 17.1 Å². The predicted molar refractivity (Wildman–Crippen MR) is 247 cm³/mol. The molecule has 0 amide bonds. The summed E-state index contributed by atoms with van der Waals surface area (Å²) in [5.41, 5.74) is 23.8. The Bertz CT molecular complexity index is 2780. The van der Waals surface area contributed by atoms with Gasteiger partial charge in [-0.25, -0.2) is 0 Å². The zero-order chi connectivity index (χ0) is 39.3. The van der Waals surface area contributed by atoms with Gasteiger partial charge in [-0.2, -0.15) is 0 Å². The molecule has 8 aromatic rings. The van der Waals surface area contributed by atoms with E-state index in [1.165, 1.54) is 126 Å². The number of hydrogen-bond acceptors (Lipinski definition) is 1. The Balaban J connectivity index is 1.27. The van der Waals surface area contributed by atoms with E-state index in [0.29, 0.717) is 0 Å². The first-order chi connectivity index (χ1) is 29.2. The summed E-state index contributed by atoms with van der Waals surface area (Å²) in [5, 5.41) is 0. The molecule has 3 aliphatic carbocycles. The monoisotopic (exact) mass is 759 g/mol. The SMILES string of the molecule is Cc1ccc2c(c1-c1cc3c(cc1N(c1ccc(-c4ccccc4)cc1)c1cccc4c1CCCC4)C(c1ccccc1)(c1ccccc1)c1ccccc1-3)CCCC2. The lowest BCUT2D eigenvalue weighted by Gasteiger charge is -2.36. The molecule has 0 aromatic heterocycles. The van der Waals surface area contributed by atoms with E-state index in [4.69, 9.17) is 0 Å². The van der Waals surface area contributed by atoms with Crippen LogP contribution in [0.25, 0.3) is 33.4 Å². The average molecular weight is 760 g/mol. The average Bonchev–Trinajstić information content (AvgIpc) is 3.60. The molecular weight excluding hydrogens is 711 g/mol. The Hall–Kier alpha value is -6.44. The Morgan fingerprint density at radius 2 is 1.00 bits per heavy atom. The molecule has 3 aliphatic rings. The maximum Gasteiger partial charge on any atom is 0.0714 e. The summed E-state index contributed by atoms with van der Waals surface area (Å²) >= 11 is 0. The topological polar surface area (TPSA) is 3.24 Å². The number of anilines is 3. The second-order valence-corrected chi connectivity index (χ2v) is 16.9. The van der Waals surface area contributed by atoms with E-state index >= 15 is 0 Å². The number of benzene rings is 8. The normalized spacial score (nSPS) is 14.8. The lowest BCUT2D eigenvalue weighted by Crippen LogP contribution is -2.29. The predicted octanol–water partition coefficient (Wildman–Crippen LogP) is 14.9. The van der Waals surface area contributed by atoms with E-state index in [2.05, 4.69) is 194 Å². The van der Waals surface area contributed by atoms with Crippen molar-refractivity contribution in [1.82, 2.24) is 0 Å². The molecule has 0 unspecified atom stereocenters. The first-order valence-electron chi connectivity index (χ1n) is 21.8. The molecule has 0 fully saturated rings. The molecule has 0 aliphatic heterocycles. The van der Waals surface area contributed by atoms with Crippen LogP contribution in [0.3, 0.4) is 0 Å². The summed E-state index contributed by atoms with van der Waals surface area (Å²) in [7, 11) is 0. The zero-order valence-corrected chi connectivity index (χ0v) is 33.9. The summed E-state index contributed by atoms with van der Waals surface area (Å²) in [6.45, 7) is 2.34. The molecule has 0 N–H and O–H groups in total. The smallest absolute Gasteiger partial charge is 0.0714 e. The van der Waals surface area contributed by atoms with Gasteiger partial charge < -0.3 is 4.90 Å². The van der Waals surface area contributed by atoms with Gasteiger partial charge in [0.2, 0.25) is 0 Å². The Labute approximate surface area is 349 Å². The van der Waals surface area contributed by atoms with Gasteiger partial charge in [0.1, 0.15) is 0 Å². The van der Waals surface area contributed by atoms with Gasteiger partial charge in [-0.3, -0.25) is 0 Å². The van der Waals surface area contributed by atoms with Crippen LogP contribution in [0.2, 0.25) is 0 Å². The standard InChI is InChI=1S/C58H49N/c1-40-32-33-44-21-12-14-28-49(44)57(40)52-38-51-50-29-15-16-30-53(50)58(45-23-7-3-8-24-45,46-25-9-4-10-26-46)54(51)39-56(52)59(55-31-17-22-43-20-11-13-27-48(43)55)47-36-34-42(35-37-47)41-18-5-2-6-19-41/h2-10,15-19,22-26,29-39H,11-14,20-21,27-28H2,1H3. The maximum absolute atomic E-state index is 2.65. The quantitative estimate of drug-likeness (QED) is 0.156. The highest BCUT2D eigenvalue weighted by Crippen LogP contribution is 2.59. The molecular formula is C58H49N. The van der Waals surface area contributed by atoms with Crippen LogP contribution in [0.5, 0.6) is 0 Å². The van der Waals surface area contributed by atoms with E-state index in [1.807, 2.05) is 0 Å². The van der Waals surface area contributed by atoms with Crippen LogP contribution in [0.15, 0.2) is 182 Å². The zero-order valence-electron chi connectivity index (χ0n) is 33.9. The van der Waals surface area contributed by atoms with E-state index < -0.39 is 5.41 Å². The minimum Gasteiger partial charge on any atom is -0.310 e. The molecule has 1 nitrogen and oxygen atoms in total. The van der Waals surface area contributed by atoms with Crippen molar-refractivity contribution >= 4 is 17.1 Å². The number of nitrogens with zero attached hydrogens (tertiary/aromatic N) is 1. The number of fused-ring (bicyclic) bond motifs is 5. The first kappa shape index (κ1) is 35.7.